The Kier molecular flexibility index (Phi) is 4.97. The van der Waals surface area contributed by atoms with E-state index in [0.29, 0.717) is 37.5 Å². The zero-order valence-corrected chi connectivity index (χ0v) is 13.9. The first-order chi connectivity index (χ1) is 11.6. The molecular weight excluding hydrogens is 310 g/mol. The molecule has 0 saturated carbocycles. The highest BCUT2D eigenvalue weighted by molar-refractivity contribution is 5.85. The van der Waals surface area contributed by atoms with E-state index >= 15 is 0 Å². The van der Waals surface area contributed by atoms with Crippen molar-refractivity contribution in [1.29, 1.82) is 0 Å². The van der Waals surface area contributed by atoms with E-state index in [1.165, 1.54) is 0 Å². The van der Waals surface area contributed by atoms with Crippen molar-refractivity contribution in [2.24, 2.45) is 11.8 Å². The minimum Gasteiger partial charge on any atom is -0.481 e. The highest BCUT2D eigenvalue weighted by atomic mass is 16.5. The smallest absolute Gasteiger partial charge is 0.307 e. The predicted octanol–water partition coefficient (Wildman–Crippen LogP) is 2.35. The molecule has 1 aromatic heterocycles. The zero-order chi connectivity index (χ0) is 17.1. The second kappa shape index (κ2) is 7.15. The second-order valence-corrected chi connectivity index (χ2v) is 6.44. The lowest BCUT2D eigenvalue weighted by Gasteiger charge is -2.37. The van der Waals surface area contributed by atoms with Gasteiger partial charge in [0.15, 0.2) is 5.82 Å². The number of likely N-dealkylation sites (tertiary alicyclic amines) is 1. The highest BCUT2D eigenvalue weighted by Crippen LogP contribution is 2.35. The summed E-state index contributed by atoms with van der Waals surface area (Å²) < 4.78 is 5.35. The minimum absolute atomic E-state index is 0.104. The molecule has 1 amide bonds. The monoisotopic (exact) mass is 333 g/mol. The molecule has 130 valence electrons. The molecule has 0 aromatic carbocycles. The van der Waals surface area contributed by atoms with Gasteiger partial charge in [0, 0.05) is 13.0 Å². The van der Waals surface area contributed by atoms with E-state index in [9.17, 15) is 14.7 Å². The summed E-state index contributed by atoms with van der Waals surface area (Å²) in [5.41, 5.74) is 0. The Hall–Kier alpha value is -2.18. The van der Waals surface area contributed by atoms with Gasteiger partial charge >= 0.3 is 5.97 Å². The van der Waals surface area contributed by atoms with Crippen molar-refractivity contribution in [3.05, 3.63) is 23.9 Å². The minimum atomic E-state index is -0.905. The van der Waals surface area contributed by atoms with Crippen LogP contribution in [0.2, 0.25) is 0 Å². The van der Waals surface area contributed by atoms with Gasteiger partial charge in [-0.25, -0.2) is 0 Å². The van der Waals surface area contributed by atoms with E-state index in [0.717, 1.165) is 19.3 Å². The first-order valence-electron chi connectivity index (χ1n) is 8.62. The molecule has 1 aliphatic heterocycles. The number of aliphatic carboxylic acids is 1. The van der Waals surface area contributed by atoms with Crippen molar-refractivity contribution in [3.8, 4) is 0 Å². The molecule has 0 bridgehead atoms. The largest absolute Gasteiger partial charge is 0.481 e. The van der Waals surface area contributed by atoms with Gasteiger partial charge < -0.3 is 14.5 Å². The van der Waals surface area contributed by atoms with Crippen molar-refractivity contribution in [3.63, 3.8) is 0 Å². The molecule has 7 nitrogen and oxygen atoms in total. The lowest BCUT2D eigenvalue weighted by atomic mass is 9.81. The van der Waals surface area contributed by atoms with Crippen molar-refractivity contribution in [2.75, 3.05) is 6.54 Å². The molecular formula is C17H23N3O4. The Balaban J connectivity index is 1.82. The van der Waals surface area contributed by atoms with E-state index in [-0.39, 0.29) is 11.9 Å². The number of aromatic nitrogens is 2. The van der Waals surface area contributed by atoms with Crippen LogP contribution in [0, 0.1) is 11.8 Å². The lowest BCUT2D eigenvalue weighted by Crippen LogP contribution is -2.45. The third kappa shape index (κ3) is 3.20. The Morgan fingerprint density at radius 3 is 2.71 bits per heavy atom. The van der Waals surface area contributed by atoms with Crippen LogP contribution in [-0.2, 0) is 16.0 Å². The Morgan fingerprint density at radius 2 is 2.04 bits per heavy atom. The fourth-order valence-corrected chi connectivity index (χ4v) is 3.57. The van der Waals surface area contributed by atoms with Crippen molar-refractivity contribution < 1.29 is 19.2 Å². The van der Waals surface area contributed by atoms with Crippen molar-refractivity contribution in [1.82, 2.24) is 15.0 Å². The summed E-state index contributed by atoms with van der Waals surface area (Å²) in [6, 6.07) is -0.237. The summed E-state index contributed by atoms with van der Waals surface area (Å²) in [5, 5.41) is 13.4. The molecule has 1 saturated heterocycles. The number of rotatable bonds is 4. The van der Waals surface area contributed by atoms with Crippen molar-refractivity contribution in [2.45, 2.75) is 51.5 Å². The van der Waals surface area contributed by atoms with E-state index in [1.807, 2.05) is 19.1 Å². The molecule has 1 fully saturated rings. The molecule has 7 heteroatoms. The molecule has 24 heavy (non-hydrogen) atoms. The standard InChI is InChI=1S/C17H23N3O4/c1-2-14-18-15(24-19-14)13-9-5-6-10-20(13)16(21)11-7-3-4-8-12(11)17(22)23/h3-4,11-13H,2,5-10H2,1H3,(H,22,23)/t11-,12-,13+/m1/s1. The number of hydrogen-bond donors (Lipinski definition) is 1. The van der Waals surface area contributed by atoms with E-state index in [4.69, 9.17) is 4.52 Å². The van der Waals surface area contributed by atoms with Crippen LogP contribution in [0.3, 0.4) is 0 Å². The van der Waals surface area contributed by atoms with Crippen LogP contribution >= 0.6 is 0 Å². The number of aryl methyl sites for hydroxylation is 1. The molecule has 1 aliphatic carbocycles. The number of carboxylic acids is 1. The highest BCUT2D eigenvalue weighted by Gasteiger charge is 2.40. The van der Waals surface area contributed by atoms with E-state index in [2.05, 4.69) is 10.1 Å². The summed E-state index contributed by atoms with van der Waals surface area (Å²) in [5.74, 6) is -1.07. The van der Waals surface area contributed by atoms with Gasteiger partial charge in [-0.05, 0) is 32.1 Å². The van der Waals surface area contributed by atoms with Crippen LogP contribution in [0.4, 0.5) is 0 Å². The van der Waals surface area contributed by atoms with Gasteiger partial charge in [-0.2, -0.15) is 4.98 Å². The fourth-order valence-electron chi connectivity index (χ4n) is 3.57. The number of carboxylic acid groups (broad SMARTS) is 1. The molecule has 1 N–H and O–H groups in total. The maximum absolute atomic E-state index is 13.1. The van der Waals surface area contributed by atoms with Crippen LogP contribution in [0.15, 0.2) is 16.7 Å². The van der Waals surface area contributed by atoms with Crippen LogP contribution in [0.25, 0.3) is 0 Å². The van der Waals surface area contributed by atoms with Crippen LogP contribution in [0.1, 0.15) is 56.8 Å². The van der Waals surface area contributed by atoms with E-state index in [1.54, 1.807) is 4.90 Å². The first kappa shape index (κ1) is 16.7. The van der Waals surface area contributed by atoms with Gasteiger partial charge in [-0.3, -0.25) is 9.59 Å². The number of carbonyl (C=O) groups excluding carboxylic acids is 1. The van der Waals surface area contributed by atoms with Crippen molar-refractivity contribution >= 4 is 11.9 Å². The predicted molar refractivity (Wildman–Crippen MR) is 85.0 cm³/mol. The van der Waals surface area contributed by atoms with Gasteiger partial charge in [0.1, 0.15) is 6.04 Å². The number of allylic oxidation sites excluding steroid dienone is 2. The van der Waals surface area contributed by atoms with Crippen LogP contribution in [-0.4, -0.2) is 38.6 Å². The third-order valence-corrected chi connectivity index (χ3v) is 4.94. The number of piperidine rings is 1. The average molecular weight is 333 g/mol. The SMILES string of the molecule is CCc1noc([C@@H]2CCCCN2C(=O)[C@@H]2CC=CC[C@H]2C(=O)O)n1. The second-order valence-electron chi connectivity index (χ2n) is 6.44. The number of carbonyl (C=O) groups is 2. The summed E-state index contributed by atoms with van der Waals surface area (Å²) in [6.45, 7) is 2.56. The average Bonchev–Trinajstić information content (AvgIpc) is 3.10. The number of amides is 1. The van der Waals surface area contributed by atoms with Crippen LogP contribution in [0.5, 0.6) is 0 Å². The normalized spacial score (nSPS) is 27.2. The maximum atomic E-state index is 13.1. The molecule has 3 rings (SSSR count). The first-order valence-corrected chi connectivity index (χ1v) is 8.62. The van der Waals surface area contributed by atoms with E-state index < -0.39 is 17.8 Å². The topological polar surface area (TPSA) is 96.5 Å². The van der Waals surface area contributed by atoms with Gasteiger partial charge in [0.05, 0.1) is 11.8 Å². The van der Waals surface area contributed by atoms with Crippen LogP contribution < -0.4 is 0 Å². The zero-order valence-electron chi connectivity index (χ0n) is 13.9. The van der Waals surface area contributed by atoms with Gasteiger partial charge in [0.2, 0.25) is 11.8 Å². The lowest BCUT2D eigenvalue weighted by molar-refractivity contribution is -0.152. The third-order valence-electron chi connectivity index (χ3n) is 4.94. The number of hydrogen-bond acceptors (Lipinski definition) is 5. The summed E-state index contributed by atoms with van der Waals surface area (Å²) in [4.78, 5) is 30.7. The molecule has 0 spiro atoms. The van der Waals surface area contributed by atoms with Gasteiger partial charge in [-0.1, -0.05) is 24.2 Å². The molecule has 2 heterocycles. The Labute approximate surface area is 140 Å². The molecule has 2 aliphatic rings. The fraction of sp³-hybridized carbons (Fsp3) is 0.647. The van der Waals surface area contributed by atoms with Gasteiger partial charge in [-0.15, -0.1) is 0 Å². The molecule has 0 unspecified atom stereocenters. The maximum Gasteiger partial charge on any atom is 0.307 e. The number of nitrogens with zero attached hydrogens (tertiary/aromatic N) is 3. The Bertz CT molecular complexity index is 640. The quantitative estimate of drug-likeness (QED) is 0.850. The molecule has 0 radical (unpaired) electrons. The summed E-state index contributed by atoms with van der Waals surface area (Å²) in [6.07, 6.45) is 8.00. The Morgan fingerprint density at radius 1 is 1.29 bits per heavy atom. The molecule has 3 atom stereocenters. The summed E-state index contributed by atoms with van der Waals surface area (Å²) >= 11 is 0. The van der Waals surface area contributed by atoms with Gasteiger partial charge in [0.25, 0.3) is 0 Å². The summed E-state index contributed by atoms with van der Waals surface area (Å²) in [7, 11) is 0. The molecule has 1 aromatic rings.